The van der Waals surface area contributed by atoms with Crippen molar-refractivity contribution in [2.45, 2.75) is 76.7 Å². The summed E-state index contributed by atoms with van der Waals surface area (Å²) >= 11 is 0. The lowest BCUT2D eigenvalue weighted by Gasteiger charge is -2.23. The maximum atomic E-state index is 12.3. The summed E-state index contributed by atoms with van der Waals surface area (Å²) in [5.74, 6) is 0.496. The fourth-order valence-corrected chi connectivity index (χ4v) is 3.31. The fourth-order valence-electron chi connectivity index (χ4n) is 3.31. The van der Waals surface area contributed by atoms with Crippen molar-refractivity contribution in [3.05, 3.63) is 12.7 Å². The molecule has 0 radical (unpaired) electrons. The average Bonchev–Trinajstić information content (AvgIpc) is 3.12. The van der Waals surface area contributed by atoms with Gasteiger partial charge in [-0.3, -0.25) is 4.90 Å². The first-order valence-electron chi connectivity index (χ1n) is 7.67. The highest BCUT2D eigenvalue weighted by Crippen LogP contribution is 2.44. The van der Waals surface area contributed by atoms with Crippen LogP contribution in [0.3, 0.4) is 0 Å². The van der Waals surface area contributed by atoms with Gasteiger partial charge in [-0.25, -0.2) is 4.79 Å². The molecule has 2 rings (SSSR count). The van der Waals surface area contributed by atoms with Gasteiger partial charge in [0.2, 0.25) is 0 Å². The molecule has 114 valence electrons. The summed E-state index contributed by atoms with van der Waals surface area (Å²) in [4.78, 5) is 14.0. The minimum absolute atomic E-state index is 0.123. The summed E-state index contributed by atoms with van der Waals surface area (Å²) in [6, 6.07) is -0.0244. The van der Waals surface area contributed by atoms with Crippen LogP contribution in [0.1, 0.15) is 52.9 Å². The molecule has 1 aliphatic carbocycles. The van der Waals surface area contributed by atoms with E-state index in [2.05, 4.69) is 6.58 Å². The number of aliphatic hydroxyl groups is 1. The number of carbonyl (C=O) groups excluding carboxylic acids is 1. The molecule has 20 heavy (non-hydrogen) atoms. The lowest BCUT2D eigenvalue weighted by atomic mass is 9.85. The highest BCUT2D eigenvalue weighted by atomic mass is 16.6. The summed E-state index contributed by atoms with van der Waals surface area (Å²) in [5, 5.41) is 10.0. The Labute approximate surface area is 121 Å². The molecule has 1 saturated heterocycles. The first-order chi connectivity index (χ1) is 9.35. The van der Waals surface area contributed by atoms with Crippen LogP contribution in [0.5, 0.6) is 0 Å². The molecular formula is C16H27NO3. The molecule has 4 heteroatoms. The van der Waals surface area contributed by atoms with E-state index >= 15 is 0 Å². The van der Waals surface area contributed by atoms with Crippen LogP contribution in [-0.4, -0.2) is 39.9 Å². The van der Waals surface area contributed by atoms with Crippen LogP contribution in [0.2, 0.25) is 0 Å². The van der Waals surface area contributed by atoms with Gasteiger partial charge in [0, 0.05) is 0 Å². The van der Waals surface area contributed by atoms with Gasteiger partial charge in [0.05, 0.1) is 18.2 Å². The van der Waals surface area contributed by atoms with Gasteiger partial charge in [0.1, 0.15) is 5.60 Å². The molecule has 1 N–H and O–H groups in total. The van der Waals surface area contributed by atoms with E-state index in [9.17, 15) is 9.90 Å². The normalized spacial score (nSPS) is 28.9. The zero-order chi connectivity index (χ0) is 14.9. The molecule has 1 saturated carbocycles. The first-order valence-corrected chi connectivity index (χ1v) is 7.67. The standard InChI is InChI=1S/C16H27NO3/c1-5-12(18)14-13(11-9-7-6-8-10-11)17(14)15(19)20-16(2,3)4/h5,11-14,18H,1,6-10H2,2-4H3/t12-,13+,14+,17?/m1/s1. The Morgan fingerprint density at radius 3 is 2.45 bits per heavy atom. The number of nitrogens with zero attached hydrogens (tertiary/aromatic N) is 1. The molecule has 0 spiro atoms. The number of carbonyl (C=O) groups is 1. The van der Waals surface area contributed by atoms with Crippen molar-refractivity contribution in [1.29, 1.82) is 0 Å². The zero-order valence-corrected chi connectivity index (χ0v) is 12.8. The highest BCUT2D eigenvalue weighted by molar-refractivity contribution is 5.73. The topological polar surface area (TPSA) is 49.5 Å². The Hall–Kier alpha value is -1.03. The lowest BCUT2D eigenvalue weighted by molar-refractivity contribution is 0.0359. The van der Waals surface area contributed by atoms with Crippen LogP contribution >= 0.6 is 0 Å². The molecule has 1 amide bonds. The van der Waals surface area contributed by atoms with Crippen LogP contribution < -0.4 is 0 Å². The van der Waals surface area contributed by atoms with E-state index in [-0.39, 0.29) is 18.2 Å². The van der Waals surface area contributed by atoms with E-state index in [1.165, 1.54) is 25.3 Å². The van der Waals surface area contributed by atoms with Crippen molar-refractivity contribution in [3.63, 3.8) is 0 Å². The van der Waals surface area contributed by atoms with Gasteiger partial charge >= 0.3 is 6.09 Å². The number of amides is 1. The van der Waals surface area contributed by atoms with E-state index in [0.29, 0.717) is 5.92 Å². The van der Waals surface area contributed by atoms with Gasteiger partial charge in [-0.1, -0.05) is 25.3 Å². The van der Waals surface area contributed by atoms with Gasteiger partial charge in [-0.05, 0) is 39.5 Å². The molecule has 0 bridgehead atoms. The molecule has 2 fully saturated rings. The maximum absolute atomic E-state index is 12.3. The monoisotopic (exact) mass is 281 g/mol. The van der Waals surface area contributed by atoms with Gasteiger partial charge in [-0.2, -0.15) is 0 Å². The minimum Gasteiger partial charge on any atom is -0.444 e. The molecular weight excluding hydrogens is 254 g/mol. The van der Waals surface area contributed by atoms with Gasteiger partial charge in [0.15, 0.2) is 0 Å². The van der Waals surface area contributed by atoms with Crippen molar-refractivity contribution < 1.29 is 14.6 Å². The molecule has 0 aromatic rings. The van der Waals surface area contributed by atoms with Gasteiger partial charge in [0.25, 0.3) is 0 Å². The van der Waals surface area contributed by atoms with Crippen LogP contribution in [0.25, 0.3) is 0 Å². The van der Waals surface area contributed by atoms with E-state index in [4.69, 9.17) is 4.74 Å². The quantitative estimate of drug-likeness (QED) is 0.639. The first kappa shape index (κ1) is 15.4. The molecule has 1 aliphatic heterocycles. The maximum Gasteiger partial charge on any atom is 0.411 e. The summed E-state index contributed by atoms with van der Waals surface area (Å²) in [7, 11) is 0. The van der Waals surface area contributed by atoms with Crippen molar-refractivity contribution in [1.82, 2.24) is 4.90 Å². The van der Waals surface area contributed by atoms with Crippen molar-refractivity contribution >= 4 is 6.09 Å². The van der Waals surface area contributed by atoms with E-state index < -0.39 is 11.7 Å². The number of aliphatic hydroxyl groups excluding tert-OH is 1. The second-order valence-electron chi connectivity index (χ2n) is 6.99. The number of hydrogen-bond donors (Lipinski definition) is 1. The summed E-state index contributed by atoms with van der Waals surface area (Å²) in [6.45, 7) is 9.23. The van der Waals surface area contributed by atoms with Crippen molar-refractivity contribution in [2.75, 3.05) is 0 Å². The summed E-state index contributed by atoms with van der Waals surface area (Å²) in [5.41, 5.74) is -0.500. The van der Waals surface area contributed by atoms with E-state index in [1.807, 2.05) is 20.8 Å². The second kappa shape index (κ2) is 5.76. The average molecular weight is 281 g/mol. The van der Waals surface area contributed by atoms with E-state index in [1.54, 1.807) is 4.90 Å². The van der Waals surface area contributed by atoms with Crippen LogP contribution in [0, 0.1) is 5.92 Å². The number of rotatable bonds is 3. The number of hydrogen-bond acceptors (Lipinski definition) is 3. The minimum atomic E-state index is -0.658. The van der Waals surface area contributed by atoms with Crippen LogP contribution in [0.4, 0.5) is 4.79 Å². The molecule has 1 heterocycles. The van der Waals surface area contributed by atoms with Crippen molar-refractivity contribution in [3.8, 4) is 0 Å². The molecule has 3 atom stereocenters. The van der Waals surface area contributed by atoms with E-state index in [0.717, 1.165) is 12.8 Å². The molecule has 0 aromatic carbocycles. The Bertz CT molecular complexity index is 368. The molecule has 4 nitrogen and oxygen atoms in total. The summed E-state index contributed by atoms with van der Waals surface area (Å²) in [6.07, 6.45) is 6.57. The largest absolute Gasteiger partial charge is 0.444 e. The third kappa shape index (κ3) is 3.35. The van der Waals surface area contributed by atoms with Gasteiger partial charge in [-0.15, -0.1) is 6.58 Å². The number of ether oxygens (including phenoxy) is 1. The van der Waals surface area contributed by atoms with Gasteiger partial charge < -0.3 is 9.84 Å². The van der Waals surface area contributed by atoms with Crippen LogP contribution in [-0.2, 0) is 4.74 Å². The third-order valence-electron chi connectivity index (χ3n) is 4.23. The predicted molar refractivity (Wildman–Crippen MR) is 78.4 cm³/mol. The summed E-state index contributed by atoms with van der Waals surface area (Å²) < 4.78 is 5.45. The Kier molecular flexibility index (Phi) is 4.43. The lowest BCUT2D eigenvalue weighted by Crippen LogP contribution is -2.30. The van der Waals surface area contributed by atoms with Crippen molar-refractivity contribution in [2.24, 2.45) is 5.92 Å². The molecule has 2 aliphatic rings. The predicted octanol–water partition coefficient (Wildman–Crippen LogP) is 3.10. The molecule has 0 aromatic heterocycles. The second-order valence-corrected chi connectivity index (χ2v) is 6.99. The Balaban J connectivity index is 2.05. The molecule has 0 unspecified atom stereocenters. The third-order valence-corrected chi connectivity index (χ3v) is 4.23. The zero-order valence-electron chi connectivity index (χ0n) is 12.8. The smallest absolute Gasteiger partial charge is 0.411 e. The Morgan fingerprint density at radius 2 is 1.95 bits per heavy atom. The highest BCUT2D eigenvalue weighted by Gasteiger charge is 2.58. The Morgan fingerprint density at radius 1 is 1.35 bits per heavy atom. The van der Waals surface area contributed by atoms with Crippen LogP contribution in [0.15, 0.2) is 12.7 Å². The SMILES string of the molecule is C=C[C@@H](O)[C@H]1[C@H](C2CCCCC2)N1C(=O)OC(C)(C)C. The fraction of sp³-hybridized carbons (Fsp3) is 0.812.